The van der Waals surface area contributed by atoms with Crippen LogP contribution in [0, 0.1) is 0 Å². The molecule has 1 atom stereocenters. The highest BCUT2D eigenvalue weighted by molar-refractivity contribution is 5.44. The van der Waals surface area contributed by atoms with E-state index in [2.05, 4.69) is 0 Å². The highest BCUT2D eigenvalue weighted by Gasteiger charge is 2.11. The SMILES string of the molecule is CCOc1cc([C@H](N)CCN)ccc1OCc1ccccc1. The first-order valence-electron chi connectivity index (χ1n) is 7.63. The van der Waals surface area contributed by atoms with Crippen LogP contribution < -0.4 is 20.9 Å². The van der Waals surface area contributed by atoms with E-state index in [4.69, 9.17) is 20.9 Å². The Hall–Kier alpha value is -2.04. The van der Waals surface area contributed by atoms with Crippen molar-refractivity contribution < 1.29 is 9.47 Å². The van der Waals surface area contributed by atoms with Gasteiger partial charge in [-0.3, -0.25) is 0 Å². The van der Waals surface area contributed by atoms with Crippen molar-refractivity contribution in [3.63, 3.8) is 0 Å². The van der Waals surface area contributed by atoms with Crippen molar-refractivity contribution in [3.8, 4) is 11.5 Å². The van der Waals surface area contributed by atoms with Gasteiger partial charge < -0.3 is 20.9 Å². The molecule has 0 aliphatic carbocycles. The lowest BCUT2D eigenvalue weighted by molar-refractivity contribution is 0.269. The van der Waals surface area contributed by atoms with Gasteiger partial charge in [0, 0.05) is 6.04 Å². The van der Waals surface area contributed by atoms with E-state index in [-0.39, 0.29) is 6.04 Å². The van der Waals surface area contributed by atoms with Crippen molar-refractivity contribution >= 4 is 0 Å². The molecule has 4 nitrogen and oxygen atoms in total. The maximum atomic E-state index is 6.11. The lowest BCUT2D eigenvalue weighted by Crippen LogP contribution is -2.15. The molecule has 0 amide bonds. The first-order chi connectivity index (χ1) is 10.7. The number of hydrogen-bond acceptors (Lipinski definition) is 4. The van der Waals surface area contributed by atoms with E-state index in [0.717, 1.165) is 29.0 Å². The van der Waals surface area contributed by atoms with E-state index in [1.54, 1.807) is 0 Å². The molecule has 0 fully saturated rings. The maximum Gasteiger partial charge on any atom is 0.161 e. The fraction of sp³-hybridized carbons (Fsp3) is 0.333. The largest absolute Gasteiger partial charge is 0.490 e. The zero-order valence-electron chi connectivity index (χ0n) is 13.0. The van der Waals surface area contributed by atoms with E-state index < -0.39 is 0 Å². The van der Waals surface area contributed by atoms with Gasteiger partial charge in [0.1, 0.15) is 6.61 Å². The molecule has 0 spiro atoms. The van der Waals surface area contributed by atoms with Crippen molar-refractivity contribution in [3.05, 3.63) is 59.7 Å². The summed E-state index contributed by atoms with van der Waals surface area (Å²) in [6.45, 7) is 3.61. The minimum absolute atomic E-state index is 0.0765. The quantitative estimate of drug-likeness (QED) is 0.786. The molecule has 118 valence electrons. The molecule has 22 heavy (non-hydrogen) atoms. The van der Waals surface area contributed by atoms with Gasteiger partial charge in [0.2, 0.25) is 0 Å². The van der Waals surface area contributed by atoms with Gasteiger partial charge in [0.05, 0.1) is 6.61 Å². The summed E-state index contributed by atoms with van der Waals surface area (Å²) in [4.78, 5) is 0. The van der Waals surface area contributed by atoms with Gasteiger partial charge in [-0.25, -0.2) is 0 Å². The van der Waals surface area contributed by atoms with Crippen LogP contribution in [0.4, 0.5) is 0 Å². The molecule has 0 heterocycles. The van der Waals surface area contributed by atoms with Crippen LogP contribution >= 0.6 is 0 Å². The molecule has 2 aromatic carbocycles. The molecule has 0 radical (unpaired) electrons. The molecular formula is C18H24N2O2. The van der Waals surface area contributed by atoms with Crippen LogP contribution in [0.15, 0.2) is 48.5 Å². The highest BCUT2D eigenvalue weighted by atomic mass is 16.5. The van der Waals surface area contributed by atoms with Crippen LogP contribution in [0.2, 0.25) is 0 Å². The summed E-state index contributed by atoms with van der Waals surface area (Å²) in [5.74, 6) is 1.46. The molecule has 4 N–H and O–H groups in total. The molecule has 2 rings (SSSR count). The Morgan fingerprint density at radius 1 is 1.00 bits per heavy atom. The third-order valence-electron chi connectivity index (χ3n) is 3.41. The van der Waals surface area contributed by atoms with Crippen molar-refractivity contribution in [2.45, 2.75) is 26.0 Å². The predicted octanol–water partition coefficient (Wildman–Crippen LogP) is 3.01. The molecule has 0 saturated heterocycles. The van der Waals surface area contributed by atoms with Gasteiger partial charge in [-0.15, -0.1) is 0 Å². The Balaban J connectivity index is 2.12. The number of ether oxygens (including phenoxy) is 2. The van der Waals surface area contributed by atoms with Crippen molar-refractivity contribution in [1.82, 2.24) is 0 Å². The molecule has 4 heteroatoms. The van der Waals surface area contributed by atoms with E-state index in [1.165, 1.54) is 0 Å². The Labute approximate surface area is 132 Å². The minimum atomic E-state index is -0.0765. The maximum absolute atomic E-state index is 6.11. The zero-order chi connectivity index (χ0) is 15.8. The number of hydrogen-bond donors (Lipinski definition) is 2. The third-order valence-corrected chi connectivity index (χ3v) is 3.41. The molecule has 0 saturated carbocycles. The molecule has 0 aliphatic heterocycles. The van der Waals surface area contributed by atoms with Crippen molar-refractivity contribution in [1.29, 1.82) is 0 Å². The second-order valence-corrected chi connectivity index (χ2v) is 5.10. The van der Waals surface area contributed by atoms with Crippen LogP contribution in [0.1, 0.15) is 30.5 Å². The average Bonchev–Trinajstić information content (AvgIpc) is 2.55. The van der Waals surface area contributed by atoms with Gasteiger partial charge in [-0.1, -0.05) is 36.4 Å². The number of rotatable bonds is 8. The van der Waals surface area contributed by atoms with E-state index in [0.29, 0.717) is 19.8 Å². The molecule has 2 aromatic rings. The van der Waals surface area contributed by atoms with Gasteiger partial charge >= 0.3 is 0 Å². The Morgan fingerprint density at radius 2 is 1.77 bits per heavy atom. The molecule has 0 aromatic heterocycles. The summed E-state index contributed by atoms with van der Waals surface area (Å²) in [5.41, 5.74) is 13.8. The molecule has 0 unspecified atom stereocenters. The summed E-state index contributed by atoms with van der Waals surface area (Å²) in [5, 5.41) is 0. The van der Waals surface area contributed by atoms with Crippen LogP contribution in [0.25, 0.3) is 0 Å². The van der Waals surface area contributed by atoms with Gasteiger partial charge in [-0.2, -0.15) is 0 Å². The average molecular weight is 300 g/mol. The van der Waals surface area contributed by atoms with Gasteiger partial charge in [-0.05, 0) is 43.1 Å². The second-order valence-electron chi connectivity index (χ2n) is 5.10. The van der Waals surface area contributed by atoms with Crippen LogP contribution in [-0.2, 0) is 6.61 Å². The lowest BCUT2D eigenvalue weighted by atomic mass is 10.0. The van der Waals surface area contributed by atoms with Crippen LogP contribution in [-0.4, -0.2) is 13.2 Å². The van der Waals surface area contributed by atoms with Crippen molar-refractivity contribution in [2.75, 3.05) is 13.2 Å². The van der Waals surface area contributed by atoms with E-state index in [1.807, 2.05) is 55.5 Å². The first-order valence-corrected chi connectivity index (χ1v) is 7.63. The zero-order valence-corrected chi connectivity index (χ0v) is 13.0. The molecule has 0 aliphatic rings. The standard InChI is InChI=1S/C18H24N2O2/c1-2-21-18-12-15(16(20)10-11-19)8-9-17(18)22-13-14-6-4-3-5-7-14/h3-9,12,16H,2,10-11,13,19-20H2,1H3/t16-/m1/s1. The Kier molecular flexibility index (Phi) is 6.25. The predicted molar refractivity (Wildman–Crippen MR) is 89.0 cm³/mol. The summed E-state index contributed by atoms with van der Waals surface area (Å²) in [7, 11) is 0. The highest BCUT2D eigenvalue weighted by Crippen LogP contribution is 2.31. The smallest absolute Gasteiger partial charge is 0.161 e. The van der Waals surface area contributed by atoms with E-state index in [9.17, 15) is 0 Å². The Morgan fingerprint density at radius 3 is 2.45 bits per heavy atom. The normalized spacial score (nSPS) is 12.0. The molecule has 0 bridgehead atoms. The monoisotopic (exact) mass is 300 g/mol. The topological polar surface area (TPSA) is 70.5 Å². The fourth-order valence-corrected chi connectivity index (χ4v) is 2.22. The Bertz CT molecular complexity index is 573. The minimum Gasteiger partial charge on any atom is -0.490 e. The second kappa shape index (κ2) is 8.41. The number of nitrogens with two attached hydrogens (primary N) is 2. The van der Waals surface area contributed by atoms with Crippen molar-refractivity contribution in [2.24, 2.45) is 11.5 Å². The fourth-order valence-electron chi connectivity index (χ4n) is 2.22. The summed E-state index contributed by atoms with van der Waals surface area (Å²) in [6.07, 6.45) is 0.746. The molecular weight excluding hydrogens is 276 g/mol. The van der Waals surface area contributed by atoms with Gasteiger partial charge in [0.15, 0.2) is 11.5 Å². The van der Waals surface area contributed by atoms with Crippen LogP contribution in [0.3, 0.4) is 0 Å². The van der Waals surface area contributed by atoms with Gasteiger partial charge in [0.25, 0.3) is 0 Å². The van der Waals surface area contributed by atoms with E-state index >= 15 is 0 Å². The summed E-state index contributed by atoms with van der Waals surface area (Å²) >= 11 is 0. The summed E-state index contributed by atoms with van der Waals surface area (Å²) in [6, 6.07) is 15.8. The summed E-state index contributed by atoms with van der Waals surface area (Å²) < 4.78 is 11.6. The lowest BCUT2D eigenvalue weighted by Gasteiger charge is -2.16. The third kappa shape index (κ3) is 4.48. The van der Waals surface area contributed by atoms with Crippen LogP contribution in [0.5, 0.6) is 11.5 Å². The first kappa shape index (κ1) is 16.3. The number of benzene rings is 2.